The second kappa shape index (κ2) is 4.78. The third-order valence-electron chi connectivity index (χ3n) is 2.97. The number of hydrogen-bond acceptors (Lipinski definition) is 3. The lowest BCUT2D eigenvalue weighted by Crippen LogP contribution is -2.35. The highest BCUT2D eigenvalue weighted by Gasteiger charge is 2.31. The molecule has 0 aromatic heterocycles. The van der Waals surface area contributed by atoms with Gasteiger partial charge in [0.05, 0.1) is 12.1 Å². The predicted octanol–water partition coefficient (Wildman–Crippen LogP) is 2.19. The van der Waals surface area contributed by atoms with Crippen molar-refractivity contribution in [3.05, 3.63) is 29.3 Å². The maximum absolute atomic E-state index is 13.8. The molecule has 98 valence electrons. The van der Waals surface area contributed by atoms with Gasteiger partial charge in [0.2, 0.25) is 0 Å². The summed E-state index contributed by atoms with van der Waals surface area (Å²) in [5.74, 6) is -1.41. The van der Waals surface area contributed by atoms with E-state index >= 15 is 0 Å². The van der Waals surface area contributed by atoms with Gasteiger partial charge >= 0.3 is 0 Å². The second-order valence-electron chi connectivity index (χ2n) is 4.67. The van der Waals surface area contributed by atoms with Gasteiger partial charge < -0.3 is 15.8 Å². The Balaban J connectivity index is 2.31. The number of nitrogens with two attached hydrogens (primary N) is 1. The summed E-state index contributed by atoms with van der Waals surface area (Å²) in [7, 11) is 0. The summed E-state index contributed by atoms with van der Waals surface area (Å²) in [6, 6.07) is 2.26. The lowest BCUT2D eigenvalue weighted by Gasteiger charge is -2.25. The Kier molecular flexibility index (Phi) is 3.49. The van der Waals surface area contributed by atoms with E-state index in [9.17, 15) is 8.78 Å². The van der Waals surface area contributed by atoms with Crippen LogP contribution in [0.1, 0.15) is 18.9 Å². The average molecular weight is 272 g/mol. The Hall–Kier alpha value is -1.27. The van der Waals surface area contributed by atoms with Gasteiger partial charge in [-0.05, 0) is 25.5 Å². The monoisotopic (exact) mass is 272 g/mol. The van der Waals surface area contributed by atoms with Crippen LogP contribution in [0.4, 0.5) is 14.5 Å². The van der Waals surface area contributed by atoms with E-state index in [-0.39, 0.29) is 16.2 Å². The van der Waals surface area contributed by atoms with Gasteiger partial charge in [0.1, 0.15) is 22.3 Å². The van der Waals surface area contributed by atoms with Crippen molar-refractivity contribution in [1.29, 1.82) is 0 Å². The number of thiocarbonyl (C=S) groups is 1. The molecule has 0 spiro atoms. The largest absolute Gasteiger partial charge is 0.389 e. The number of anilines is 1. The van der Waals surface area contributed by atoms with Crippen LogP contribution in [0.5, 0.6) is 0 Å². The molecule has 18 heavy (non-hydrogen) atoms. The van der Waals surface area contributed by atoms with Crippen LogP contribution in [0, 0.1) is 11.6 Å². The first-order valence-electron chi connectivity index (χ1n) is 5.56. The van der Waals surface area contributed by atoms with Gasteiger partial charge in [-0.2, -0.15) is 0 Å². The van der Waals surface area contributed by atoms with E-state index < -0.39 is 17.2 Å². The Morgan fingerprint density at radius 3 is 2.50 bits per heavy atom. The number of nitrogens with one attached hydrogen (secondary N) is 1. The second-order valence-corrected chi connectivity index (χ2v) is 5.11. The van der Waals surface area contributed by atoms with Crippen LogP contribution in [0.25, 0.3) is 0 Å². The van der Waals surface area contributed by atoms with Crippen molar-refractivity contribution >= 4 is 22.9 Å². The Morgan fingerprint density at radius 1 is 1.44 bits per heavy atom. The van der Waals surface area contributed by atoms with E-state index in [1.54, 1.807) is 0 Å². The van der Waals surface area contributed by atoms with Gasteiger partial charge in [-0.15, -0.1) is 0 Å². The van der Waals surface area contributed by atoms with Gasteiger partial charge in [-0.25, -0.2) is 8.78 Å². The van der Waals surface area contributed by atoms with Crippen LogP contribution in [0.2, 0.25) is 0 Å². The molecule has 1 heterocycles. The normalized spacial score (nSPS) is 23.1. The molecule has 1 unspecified atom stereocenters. The first-order valence-corrected chi connectivity index (χ1v) is 5.97. The van der Waals surface area contributed by atoms with E-state index in [0.29, 0.717) is 19.6 Å². The minimum absolute atomic E-state index is 0.0326. The van der Waals surface area contributed by atoms with Crippen molar-refractivity contribution in [3.63, 3.8) is 0 Å². The van der Waals surface area contributed by atoms with Gasteiger partial charge in [0, 0.05) is 12.2 Å². The number of hydrogen-bond donors (Lipinski definition) is 2. The maximum atomic E-state index is 13.8. The Labute approximate surface area is 109 Å². The van der Waals surface area contributed by atoms with Crippen LogP contribution < -0.4 is 11.1 Å². The zero-order valence-corrected chi connectivity index (χ0v) is 10.7. The third-order valence-corrected chi connectivity index (χ3v) is 3.21. The maximum Gasteiger partial charge on any atom is 0.150 e. The molecular weight excluding hydrogens is 258 g/mol. The highest BCUT2D eigenvalue weighted by atomic mass is 32.1. The molecule has 0 bridgehead atoms. The quantitative estimate of drug-likeness (QED) is 0.828. The van der Waals surface area contributed by atoms with Gasteiger partial charge in [-0.1, -0.05) is 12.2 Å². The molecule has 0 amide bonds. The van der Waals surface area contributed by atoms with Crippen molar-refractivity contribution in [3.8, 4) is 0 Å². The van der Waals surface area contributed by atoms with E-state index in [1.807, 2.05) is 6.92 Å². The van der Waals surface area contributed by atoms with Crippen molar-refractivity contribution in [1.82, 2.24) is 0 Å². The topological polar surface area (TPSA) is 47.3 Å². The number of rotatable bonds is 3. The molecule has 1 atom stereocenters. The predicted molar refractivity (Wildman–Crippen MR) is 69.7 cm³/mol. The summed E-state index contributed by atoms with van der Waals surface area (Å²) < 4.78 is 32.9. The molecule has 0 aliphatic carbocycles. The van der Waals surface area contributed by atoms with Gasteiger partial charge in [-0.3, -0.25) is 0 Å². The van der Waals surface area contributed by atoms with Crippen LogP contribution in [0.3, 0.4) is 0 Å². The summed E-state index contributed by atoms with van der Waals surface area (Å²) in [4.78, 5) is -0.0326. The first kappa shape index (κ1) is 13.2. The van der Waals surface area contributed by atoms with E-state index in [1.165, 1.54) is 0 Å². The number of halogens is 2. The lowest BCUT2D eigenvalue weighted by molar-refractivity contribution is 0.185. The Morgan fingerprint density at radius 2 is 2.06 bits per heavy atom. The fourth-order valence-corrected chi connectivity index (χ4v) is 2.02. The summed E-state index contributed by atoms with van der Waals surface area (Å²) >= 11 is 4.69. The zero-order chi connectivity index (χ0) is 13.3. The van der Waals surface area contributed by atoms with Gasteiger partial charge in [0.15, 0.2) is 0 Å². The summed E-state index contributed by atoms with van der Waals surface area (Å²) in [6.07, 6.45) is 0.697. The summed E-state index contributed by atoms with van der Waals surface area (Å²) in [5, 5.41) is 2.86. The number of benzene rings is 1. The van der Waals surface area contributed by atoms with Crippen molar-refractivity contribution in [2.45, 2.75) is 18.9 Å². The molecule has 1 aromatic carbocycles. The molecule has 2 rings (SSSR count). The molecule has 1 aromatic rings. The standard InChI is InChI=1S/C12H14F2N2OS/c1-12(2-3-17-6-12)16-10-8(13)4-7(11(15)18)5-9(10)14/h4-5,16H,2-3,6H2,1H3,(H2,15,18). The molecule has 6 heteroatoms. The van der Waals surface area contributed by atoms with Crippen LogP contribution in [0.15, 0.2) is 12.1 Å². The molecule has 1 fully saturated rings. The smallest absolute Gasteiger partial charge is 0.150 e. The van der Waals surface area contributed by atoms with E-state index in [2.05, 4.69) is 5.32 Å². The van der Waals surface area contributed by atoms with Crippen molar-refractivity contribution < 1.29 is 13.5 Å². The van der Waals surface area contributed by atoms with E-state index in [0.717, 1.165) is 12.1 Å². The lowest BCUT2D eigenvalue weighted by atomic mass is 10.0. The molecule has 1 aliphatic heterocycles. The highest BCUT2D eigenvalue weighted by molar-refractivity contribution is 7.80. The highest BCUT2D eigenvalue weighted by Crippen LogP contribution is 2.28. The third kappa shape index (κ3) is 2.59. The first-order chi connectivity index (χ1) is 8.41. The molecule has 0 saturated carbocycles. The minimum Gasteiger partial charge on any atom is -0.389 e. The molecule has 1 saturated heterocycles. The van der Waals surface area contributed by atoms with Crippen molar-refractivity contribution in [2.75, 3.05) is 18.5 Å². The number of ether oxygens (including phenoxy) is 1. The average Bonchev–Trinajstić information content (AvgIpc) is 2.70. The minimum atomic E-state index is -0.703. The van der Waals surface area contributed by atoms with Crippen molar-refractivity contribution in [2.24, 2.45) is 5.73 Å². The molecule has 0 radical (unpaired) electrons. The summed E-state index contributed by atoms with van der Waals surface area (Å²) in [5.41, 5.74) is 4.91. The van der Waals surface area contributed by atoms with Crippen LogP contribution >= 0.6 is 12.2 Å². The molecule has 3 nitrogen and oxygen atoms in total. The fraction of sp³-hybridized carbons (Fsp3) is 0.417. The fourth-order valence-electron chi connectivity index (χ4n) is 1.90. The zero-order valence-electron chi connectivity index (χ0n) is 9.93. The van der Waals surface area contributed by atoms with Gasteiger partial charge in [0.25, 0.3) is 0 Å². The van der Waals surface area contributed by atoms with Crippen LogP contribution in [-0.4, -0.2) is 23.7 Å². The molecule has 3 N–H and O–H groups in total. The molecular formula is C12H14F2N2OS. The summed E-state index contributed by atoms with van der Waals surface area (Å²) in [6.45, 7) is 2.86. The Bertz CT molecular complexity index is 464. The van der Waals surface area contributed by atoms with E-state index in [4.69, 9.17) is 22.7 Å². The van der Waals surface area contributed by atoms with Crippen LogP contribution in [-0.2, 0) is 4.74 Å². The SMILES string of the molecule is CC1(Nc2c(F)cc(C(N)=S)cc2F)CCOC1. The molecule has 1 aliphatic rings.